The molecule has 0 unspecified atom stereocenters. The summed E-state index contributed by atoms with van der Waals surface area (Å²) < 4.78 is 0. The highest BCUT2D eigenvalue weighted by Gasteiger charge is 2.15. The molecule has 0 aromatic carbocycles. The fraction of sp³-hybridized carbons (Fsp3) is 0.500. The Balaban J connectivity index is 2.24. The maximum absolute atomic E-state index is 9.49. The number of aromatic hydroxyl groups is 1. The normalized spacial score (nSPS) is 17.1. The third-order valence-corrected chi connectivity index (χ3v) is 2.37. The number of nitrogens with zero attached hydrogens (tertiary/aromatic N) is 3. The molecule has 0 radical (unpaired) electrons. The molecule has 5 nitrogen and oxygen atoms in total. The summed E-state index contributed by atoms with van der Waals surface area (Å²) in [6, 6.07) is 1.63. The van der Waals surface area contributed by atoms with E-state index in [9.17, 15) is 5.11 Å². The molecule has 1 fully saturated rings. The molecule has 2 heterocycles. The van der Waals surface area contributed by atoms with Crippen LogP contribution in [0.25, 0.3) is 0 Å². The quantitative estimate of drug-likeness (QED) is 0.702. The van der Waals surface area contributed by atoms with E-state index in [-0.39, 0.29) is 5.88 Å². The highest BCUT2D eigenvalue weighted by Crippen LogP contribution is 2.26. The Kier molecular flexibility index (Phi) is 2.69. The van der Waals surface area contributed by atoms with Crippen LogP contribution in [-0.2, 0) is 0 Å². The molecule has 0 atom stereocenters. The molecule has 2 rings (SSSR count). The zero-order chi connectivity index (χ0) is 9.97. The van der Waals surface area contributed by atoms with Crippen LogP contribution in [0, 0.1) is 0 Å². The molecule has 0 amide bonds. The molecule has 1 aromatic rings. The second kappa shape index (κ2) is 3.98. The molecule has 1 saturated heterocycles. The van der Waals surface area contributed by atoms with Crippen molar-refractivity contribution in [2.45, 2.75) is 0 Å². The lowest BCUT2D eigenvalue weighted by Gasteiger charge is -2.29. The van der Waals surface area contributed by atoms with Crippen molar-refractivity contribution in [2.24, 2.45) is 0 Å². The van der Waals surface area contributed by atoms with Gasteiger partial charge in [0.15, 0.2) is 5.15 Å². The third kappa shape index (κ3) is 1.88. The Bertz CT molecular complexity index is 327. The molecule has 6 heteroatoms. The Labute approximate surface area is 86.7 Å². The van der Waals surface area contributed by atoms with E-state index in [1.807, 2.05) is 4.90 Å². The number of piperazine rings is 1. The number of aromatic nitrogens is 2. The zero-order valence-electron chi connectivity index (χ0n) is 7.57. The Morgan fingerprint density at radius 3 is 2.79 bits per heavy atom. The summed E-state index contributed by atoms with van der Waals surface area (Å²) in [5.41, 5.74) is 0.659. The third-order valence-electron chi connectivity index (χ3n) is 2.18. The summed E-state index contributed by atoms with van der Waals surface area (Å²) in [4.78, 5) is 2.03. The standard InChI is InChI=1S/C8H11ClN4O/c9-7-5-6(8(14)12-11-7)13-3-1-10-2-4-13/h5,10H,1-4H2,(H,12,14). The second-order valence-corrected chi connectivity index (χ2v) is 3.50. The summed E-state index contributed by atoms with van der Waals surface area (Å²) in [5, 5.41) is 20.1. The molecule has 0 saturated carbocycles. The Morgan fingerprint density at radius 1 is 1.36 bits per heavy atom. The summed E-state index contributed by atoms with van der Waals surface area (Å²) >= 11 is 5.71. The van der Waals surface area contributed by atoms with Crippen LogP contribution in [0.5, 0.6) is 5.88 Å². The highest BCUT2D eigenvalue weighted by atomic mass is 35.5. The van der Waals surface area contributed by atoms with Crippen molar-refractivity contribution >= 4 is 17.3 Å². The monoisotopic (exact) mass is 214 g/mol. The van der Waals surface area contributed by atoms with E-state index in [0.717, 1.165) is 26.2 Å². The minimum Gasteiger partial charge on any atom is -0.491 e. The van der Waals surface area contributed by atoms with E-state index in [0.29, 0.717) is 10.8 Å². The molecule has 0 bridgehead atoms. The van der Waals surface area contributed by atoms with Gasteiger partial charge in [-0.1, -0.05) is 11.6 Å². The molecule has 0 aliphatic carbocycles. The van der Waals surface area contributed by atoms with E-state index in [2.05, 4.69) is 15.5 Å². The zero-order valence-corrected chi connectivity index (χ0v) is 8.33. The molecule has 1 aliphatic rings. The van der Waals surface area contributed by atoms with Gasteiger partial charge >= 0.3 is 0 Å². The first-order valence-electron chi connectivity index (χ1n) is 4.45. The van der Waals surface area contributed by atoms with Crippen LogP contribution in [-0.4, -0.2) is 41.5 Å². The van der Waals surface area contributed by atoms with Gasteiger partial charge in [-0.3, -0.25) is 0 Å². The van der Waals surface area contributed by atoms with Crippen LogP contribution in [0.4, 0.5) is 5.69 Å². The van der Waals surface area contributed by atoms with Crippen molar-refractivity contribution in [3.05, 3.63) is 11.2 Å². The van der Waals surface area contributed by atoms with E-state index in [1.165, 1.54) is 0 Å². The van der Waals surface area contributed by atoms with Gasteiger partial charge in [0.05, 0.1) is 0 Å². The lowest BCUT2D eigenvalue weighted by atomic mass is 10.3. The summed E-state index contributed by atoms with van der Waals surface area (Å²) in [5.74, 6) is -0.0590. The van der Waals surface area contributed by atoms with Crippen LogP contribution in [0.3, 0.4) is 0 Å². The van der Waals surface area contributed by atoms with Crippen LogP contribution in [0.15, 0.2) is 6.07 Å². The summed E-state index contributed by atoms with van der Waals surface area (Å²) in [7, 11) is 0. The molecule has 1 aromatic heterocycles. The van der Waals surface area contributed by atoms with Gasteiger partial charge < -0.3 is 15.3 Å². The first kappa shape index (κ1) is 9.48. The van der Waals surface area contributed by atoms with E-state index < -0.39 is 0 Å². The van der Waals surface area contributed by atoms with Crippen molar-refractivity contribution in [3.63, 3.8) is 0 Å². The lowest BCUT2D eigenvalue weighted by Crippen LogP contribution is -2.43. The van der Waals surface area contributed by atoms with E-state index in [1.54, 1.807) is 6.07 Å². The predicted molar refractivity (Wildman–Crippen MR) is 53.8 cm³/mol. The predicted octanol–water partition coefficient (Wildman–Crippen LogP) is 0.245. The average Bonchev–Trinajstić information content (AvgIpc) is 2.23. The first-order chi connectivity index (χ1) is 6.77. The van der Waals surface area contributed by atoms with Gasteiger partial charge in [-0.05, 0) is 0 Å². The largest absolute Gasteiger partial charge is 0.491 e. The Morgan fingerprint density at radius 2 is 2.07 bits per heavy atom. The van der Waals surface area contributed by atoms with Crippen molar-refractivity contribution in [3.8, 4) is 5.88 Å². The van der Waals surface area contributed by atoms with Crippen LogP contribution in [0.1, 0.15) is 0 Å². The van der Waals surface area contributed by atoms with Gasteiger partial charge in [-0.2, -0.15) is 0 Å². The van der Waals surface area contributed by atoms with Crippen molar-refractivity contribution in [1.29, 1.82) is 0 Å². The van der Waals surface area contributed by atoms with Crippen LogP contribution < -0.4 is 10.2 Å². The number of hydrogen-bond donors (Lipinski definition) is 2. The molecule has 2 N–H and O–H groups in total. The summed E-state index contributed by atoms with van der Waals surface area (Å²) in [6.07, 6.45) is 0. The second-order valence-electron chi connectivity index (χ2n) is 3.11. The topological polar surface area (TPSA) is 61.3 Å². The van der Waals surface area contributed by atoms with Gasteiger partial charge in [-0.25, -0.2) is 0 Å². The molecular weight excluding hydrogens is 204 g/mol. The lowest BCUT2D eigenvalue weighted by molar-refractivity contribution is 0.441. The number of hydrogen-bond acceptors (Lipinski definition) is 5. The van der Waals surface area contributed by atoms with Gasteiger partial charge in [0.25, 0.3) is 5.88 Å². The first-order valence-corrected chi connectivity index (χ1v) is 4.83. The summed E-state index contributed by atoms with van der Waals surface area (Å²) in [6.45, 7) is 3.49. The van der Waals surface area contributed by atoms with Gasteiger partial charge in [0.1, 0.15) is 5.69 Å². The maximum atomic E-state index is 9.49. The van der Waals surface area contributed by atoms with Gasteiger partial charge in [0, 0.05) is 32.2 Å². The van der Waals surface area contributed by atoms with Gasteiger partial charge in [-0.15, -0.1) is 10.2 Å². The molecular formula is C8H11ClN4O. The molecule has 76 valence electrons. The van der Waals surface area contributed by atoms with E-state index in [4.69, 9.17) is 11.6 Å². The Hall–Kier alpha value is -1.07. The number of nitrogens with one attached hydrogen (secondary N) is 1. The molecule has 14 heavy (non-hydrogen) atoms. The van der Waals surface area contributed by atoms with Crippen molar-refractivity contribution in [1.82, 2.24) is 15.5 Å². The van der Waals surface area contributed by atoms with Crippen molar-refractivity contribution < 1.29 is 5.11 Å². The fourth-order valence-corrected chi connectivity index (χ4v) is 1.63. The van der Waals surface area contributed by atoms with Crippen LogP contribution in [0.2, 0.25) is 5.15 Å². The highest BCUT2D eigenvalue weighted by molar-refractivity contribution is 6.29. The molecule has 0 spiro atoms. The van der Waals surface area contributed by atoms with Gasteiger partial charge in [0.2, 0.25) is 0 Å². The average molecular weight is 215 g/mol. The minimum atomic E-state index is -0.0590. The number of anilines is 1. The van der Waals surface area contributed by atoms with E-state index >= 15 is 0 Å². The number of halogens is 1. The fourth-order valence-electron chi connectivity index (χ4n) is 1.49. The molecule has 1 aliphatic heterocycles. The minimum absolute atomic E-state index is 0.0590. The maximum Gasteiger partial charge on any atom is 0.254 e. The number of rotatable bonds is 1. The van der Waals surface area contributed by atoms with Crippen LogP contribution >= 0.6 is 11.6 Å². The SMILES string of the molecule is Oc1nnc(Cl)cc1N1CCNCC1. The van der Waals surface area contributed by atoms with Crippen molar-refractivity contribution in [2.75, 3.05) is 31.1 Å². The smallest absolute Gasteiger partial charge is 0.254 e.